The molecule has 1 aromatic rings. The van der Waals surface area contributed by atoms with E-state index in [-0.39, 0.29) is 17.8 Å². The van der Waals surface area contributed by atoms with Gasteiger partial charge in [0.25, 0.3) is 5.91 Å². The zero-order chi connectivity index (χ0) is 10.8. The third kappa shape index (κ3) is 1.99. The Balaban J connectivity index is 2.13. The number of hydrogen-bond donors (Lipinski definition) is 2. The molecule has 15 heavy (non-hydrogen) atoms. The molecule has 2 rings (SSSR count). The Hall–Kier alpha value is -1.43. The molecular formula is C9H15N5O. The average molecular weight is 209 g/mol. The lowest BCUT2D eigenvalue weighted by atomic mass is 10.2. The van der Waals surface area contributed by atoms with E-state index in [1.807, 2.05) is 6.92 Å². The predicted octanol–water partition coefficient (Wildman–Crippen LogP) is -0.453. The molecule has 0 radical (unpaired) electrons. The highest BCUT2D eigenvalue weighted by Crippen LogP contribution is 2.06. The van der Waals surface area contributed by atoms with Gasteiger partial charge in [0.05, 0.1) is 0 Å². The fraction of sp³-hybridized carbons (Fsp3) is 0.667. The van der Waals surface area contributed by atoms with Gasteiger partial charge in [-0.2, -0.15) is 0 Å². The first-order valence-corrected chi connectivity index (χ1v) is 5.09. The minimum atomic E-state index is -0.0895. The third-order valence-corrected chi connectivity index (χ3v) is 2.55. The predicted molar refractivity (Wildman–Crippen MR) is 54.5 cm³/mol. The molecule has 1 aliphatic rings. The molecule has 0 aromatic carbocycles. The SMILES string of the molecule is Cc1nc(C(=O)N2CCNCC2C)n[nH]1. The summed E-state index contributed by atoms with van der Waals surface area (Å²) in [4.78, 5) is 17.8. The first-order valence-electron chi connectivity index (χ1n) is 5.09. The molecule has 82 valence electrons. The maximum absolute atomic E-state index is 12.0. The van der Waals surface area contributed by atoms with Crippen LogP contribution in [0.4, 0.5) is 0 Å². The molecule has 0 spiro atoms. The van der Waals surface area contributed by atoms with Crippen molar-refractivity contribution in [3.8, 4) is 0 Å². The largest absolute Gasteiger partial charge is 0.331 e. The van der Waals surface area contributed by atoms with Crippen LogP contribution in [0, 0.1) is 6.92 Å². The second kappa shape index (κ2) is 3.98. The van der Waals surface area contributed by atoms with Crippen molar-refractivity contribution < 1.29 is 4.79 Å². The maximum atomic E-state index is 12.0. The number of aromatic amines is 1. The van der Waals surface area contributed by atoms with Gasteiger partial charge in [0, 0.05) is 25.7 Å². The van der Waals surface area contributed by atoms with Crippen LogP contribution < -0.4 is 5.32 Å². The molecule has 1 fully saturated rings. The van der Waals surface area contributed by atoms with Crippen molar-refractivity contribution in [1.82, 2.24) is 25.4 Å². The van der Waals surface area contributed by atoms with Gasteiger partial charge in [-0.15, -0.1) is 5.10 Å². The Morgan fingerprint density at radius 2 is 2.40 bits per heavy atom. The Morgan fingerprint density at radius 3 is 3.00 bits per heavy atom. The molecule has 2 N–H and O–H groups in total. The maximum Gasteiger partial charge on any atom is 0.293 e. The topological polar surface area (TPSA) is 73.9 Å². The van der Waals surface area contributed by atoms with Gasteiger partial charge in [0.1, 0.15) is 5.82 Å². The van der Waals surface area contributed by atoms with E-state index in [0.29, 0.717) is 12.4 Å². The van der Waals surface area contributed by atoms with Gasteiger partial charge in [-0.3, -0.25) is 9.89 Å². The van der Waals surface area contributed by atoms with Crippen molar-refractivity contribution in [3.05, 3.63) is 11.6 Å². The van der Waals surface area contributed by atoms with Gasteiger partial charge in [0.15, 0.2) is 0 Å². The van der Waals surface area contributed by atoms with Crippen LogP contribution in [0.25, 0.3) is 0 Å². The highest BCUT2D eigenvalue weighted by atomic mass is 16.2. The third-order valence-electron chi connectivity index (χ3n) is 2.55. The molecule has 0 saturated carbocycles. The number of nitrogens with one attached hydrogen (secondary N) is 2. The second-order valence-corrected chi connectivity index (χ2v) is 3.80. The molecular weight excluding hydrogens is 194 g/mol. The van der Waals surface area contributed by atoms with Gasteiger partial charge in [0.2, 0.25) is 5.82 Å². The van der Waals surface area contributed by atoms with Crippen LogP contribution in [0.2, 0.25) is 0 Å². The molecule has 1 aliphatic heterocycles. The Kier molecular flexibility index (Phi) is 2.68. The van der Waals surface area contributed by atoms with E-state index >= 15 is 0 Å². The number of H-pyrrole nitrogens is 1. The van der Waals surface area contributed by atoms with Gasteiger partial charge in [-0.1, -0.05) is 0 Å². The average Bonchev–Trinajstić information content (AvgIpc) is 2.65. The van der Waals surface area contributed by atoms with E-state index in [0.717, 1.165) is 13.1 Å². The highest BCUT2D eigenvalue weighted by molar-refractivity contribution is 5.90. The van der Waals surface area contributed by atoms with Gasteiger partial charge in [-0.05, 0) is 13.8 Å². The Morgan fingerprint density at radius 1 is 1.60 bits per heavy atom. The van der Waals surface area contributed by atoms with Crippen molar-refractivity contribution in [1.29, 1.82) is 0 Å². The number of piperazine rings is 1. The zero-order valence-corrected chi connectivity index (χ0v) is 8.95. The number of carbonyl (C=O) groups excluding carboxylic acids is 1. The van der Waals surface area contributed by atoms with E-state index < -0.39 is 0 Å². The lowest BCUT2D eigenvalue weighted by Gasteiger charge is -2.33. The lowest BCUT2D eigenvalue weighted by molar-refractivity contribution is 0.0643. The molecule has 6 nitrogen and oxygen atoms in total. The lowest BCUT2D eigenvalue weighted by Crippen LogP contribution is -2.52. The van der Waals surface area contributed by atoms with Gasteiger partial charge >= 0.3 is 0 Å². The minimum absolute atomic E-state index is 0.0895. The number of carbonyl (C=O) groups is 1. The number of rotatable bonds is 1. The molecule has 0 aliphatic carbocycles. The molecule has 1 unspecified atom stereocenters. The van der Waals surface area contributed by atoms with Crippen LogP contribution in [0.1, 0.15) is 23.4 Å². The number of aromatic nitrogens is 3. The van der Waals surface area contributed by atoms with Crippen LogP contribution in [0.3, 0.4) is 0 Å². The fourth-order valence-corrected chi connectivity index (χ4v) is 1.71. The minimum Gasteiger partial charge on any atom is -0.331 e. The highest BCUT2D eigenvalue weighted by Gasteiger charge is 2.26. The summed E-state index contributed by atoms with van der Waals surface area (Å²) in [5, 5.41) is 9.79. The van der Waals surface area contributed by atoms with Crippen molar-refractivity contribution in [2.24, 2.45) is 0 Å². The second-order valence-electron chi connectivity index (χ2n) is 3.80. The summed E-state index contributed by atoms with van der Waals surface area (Å²) in [6, 6.07) is 0.199. The van der Waals surface area contributed by atoms with Crippen LogP contribution in [-0.4, -0.2) is 51.7 Å². The van der Waals surface area contributed by atoms with E-state index in [1.165, 1.54) is 0 Å². The van der Waals surface area contributed by atoms with Crippen molar-refractivity contribution in [2.75, 3.05) is 19.6 Å². The standard InChI is InChI=1S/C9H15N5O/c1-6-5-10-3-4-14(6)9(15)8-11-7(2)12-13-8/h6,10H,3-5H2,1-2H3,(H,11,12,13). The normalized spacial score (nSPS) is 21.7. The fourth-order valence-electron chi connectivity index (χ4n) is 1.71. The first-order chi connectivity index (χ1) is 7.18. The molecule has 2 heterocycles. The van der Waals surface area contributed by atoms with E-state index in [2.05, 4.69) is 20.5 Å². The molecule has 0 bridgehead atoms. The molecule has 1 aromatic heterocycles. The van der Waals surface area contributed by atoms with E-state index in [9.17, 15) is 4.79 Å². The number of nitrogens with zero attached hydrogens (tertiary/aromatic N) is 3. The number of amides is 1. The summed E-state index contributed by atoms with van der Waals surface area (Å²) < 4.78 is 0. The first kappa shape index (κ1) is 10.1. The summed E-state index contributed by atoms with van der Waals surface area (Å²) in [5.41, 5.74) is 0. The molecule has 1 amide bonds. The van der Waals surface area contributed by atoms with Crippen molar-refractivity contribution in [3.63, 3.8) is 0 Å². The summed E-state index contributed by atoms with van der Waals surface area (Å²) in [7, 11) is 0. The summed E-state index contributed by atoms with van der Waals surface area (Å²) in [5.74, 6) is 0.843. The van der Waals surface area contributed by atoms with Crippen LogP contribution >= 0.6 is 0 Å². The summed E-state index contributed by atoms with van der Waals surface area (Å²) >= 11 is 0. The van der Waals surface area contributed by atoms with Crippen LogP contribution in [0.5, 0.6) is 0 Å². The number of hydrogen-bond acceptors (Lipinski definition) is 4. The van der Waals surface area contributed by atoms with Gasteiger partial charge < -0.3 is 10.2 Å². The molecule has 1 saturated heterocycles. The quantitative estimate of drug-likeness (QED) is 0.657. The van der Waals surface area contributed by atoms with Crippen LogP contribution in [-0.2, 0) is 0 Å². The van der Waals surface area contributed by atoms with E-state index in [4.69, 9.17) is 0 Å². The van der Waals surface area contributed by atoms with E-state index in [1.54, 1.807) is 11.8 Å². The van der Waals surface area contributed by atoms with Crippen LogP contribution in [0.15, 0.2) is 0 Å². The van der Waals surface area contributed by atoms with Gasteiger partial charge in [-0.25, -0.2) is 4.98 Å². The Labute approximate surface area is 88.1 Å². The molecule has 6 heteroatoms. The Bertz CT molecular complexity index is 361. The zero-order valence-electron chi connectivity index (χ0n) is 8.95. The summed E-state index contributed by atoms with van der Waals surface area (Å²) in [6.07, 6.45) is 0. The summed E-state index contributed by atoms with van der Waals surface area (Å²) in [6.45, 7) is 6.18. The monoisotopic (exact) mass is 209 g/mol. The number of aryl methyl sites for hydroxylation is 1. The smallest absolute Gasteiger partial charge is 0.293 e. The van der Waals surface area contributed by atoms with Crippen molar-refractivity contribution >= 4 is 5.91 Å². The van der Waals surface area contributed by atoms with Crippen molar-refractivity contribution in [2.45, 2.75) is 19.9 Å². The molecule has 1 atom stereocenters.